The van der Waals surface area contributed by atoms with Gasteiger partial charge in [0.15, 0.2) is 0 Å². The summed E-state index contributed by atoms with van der Waals surface area (Å²) in [6.07, 6.45) is 6.71. The third-order valence-electron chi connectivity index (χ3n) is 4.26. The Hall–Kier alpha value is 0.0700. The van der Waals surface area contributed by atoms with Crippen molar-refractivity contribution in [2.75, 3.05) is 31.6 Å². The molecule has 3 nitrogen and oxygen atoms in total. The van der Waals surface area contributed by atoms with Gasteiger partial charge in [-0.1, -0.05) is 6.92 Å². The molecule has 1 fully saturated rings. The zero-order valence-corrected chi connectivity index (χ0v) is 14.0. The summed E-state index contributed by atoms with van der Waals surface area (Å²) in [7, 11) is -0.660. The molecule has 3 unspecified atom stereocenters. The highest BCUT2D eigenvalue weighted by Crippen LogP contribution is 2.21. The molecule has 1 aliphatic rings. The second kappa shape index (κ2) is 9.09. The summed E-state index contributed by atoms with van der Waals surface area (Å²) in [4.78, 5) is 2.59. The van der Waals surface area contributed by atoms with Gasteiger partial charge in [0, 0.05) is 34.9 Å². The number of likely N-dealkylation sites (tertiary alicyclic amines) is 1. The van der Waals surface area contributed by atoms with Crippen molar-refractivity contribution in [3.63, 3.8) is 0 Å². The third-order valence-corrected chi connectivity index (χ3v) is 5.08. The first kappa shape index (κ1) is 17.1. The molecule has 1 heterocycles. The molecule has 0 aromatic heterocycles. The van der Waals surface area contributed by atoms with Crippen LogP contribution in [0.2, 0.25) is 0 Å². The van der Waals surface area contributed by atoms with E-state index in [0.29, 0.717) is 12.1 Å². The van der Waals surface area contributed by atoms with E-state index in [2.05, 4.69) is 31.0 Å². The fourth-order valence-electron chi connectivity index (χ4n) is 3.00. The van der Waals surface area contributed by atoms with E-state index in [0.717, 1.165) is 18.1 Å². The second-order valence-corrected chi connectivity index (χ2v) is 7.66. The molecule has 0 bridgehead atoms. The predicted octanol–water partition coefficient (Wildman–Crippen LogP) is 2.24. The maximum Gasteiger partial charge on any atom is 0.0246 e. The topological polar surface area (TPSA) is 32.3 Å². The second-order valence-electron chi connectivity index (χ2n) is 6.10. The van der Waals surface area contributed by atoms with Crippen molar-refractivity contribution < 1.29 is 4.21 Å². The molecule has 0 saturated carbocycles. The Bertz CT molecular complexity index is 265. The Kier molecular flexibility index (Phi) is 8.19. The van der Waals surface area contributed by atoms with Gasteiger partial charge < -0.3 is 10.2 Å². The van der Waals surface area contributed by atoms with Crippen LogP contribution in [0.15, 0.2) is 0 Å². The van der Waals surface area contributed by atoms with Gasteiger partial charge >= 0.3 is 0 Å². The molecular weight excluding hydrogens is 256 g/mol. The molecular formula is C15H32N2OS. The van der Waals surface area contributed by atoms with Gasteiger partial charge in [-0.25, -0.2) is 0 Å². The van der Waals surface area contributed by atoms with E-state index in [1.54, 1.807) is 6.26 Å². The van der Waals surface area contributed by atoms with Crippen LogP contribution in [0.3, 0.4) is 0 Å². The number of hydrogen-bond acceptors (Lipinski definition) is 3. The maximum atomic E-state index is 11.1. The molecule has 1 N–H and O–H groups in total. The molecule has 0 aliphatic carbocycles. The number of rotatable bonds is 8. The standard InChI is InChI=1S/C15H32N2OS/c1-5-9-17-10-6-15(7-11-17)14(3)16-13(2)8-12-19(4)18/h13-16H,5-12H2,1-4H3. The van der Waals surface area contributed by atoms with Gasteiger partial charge in [0.1, 0.15) is 0 Å². The predicted molar refractivity (Wildman–Crippen MR) is 85.1 cm³/mol. The average Bonchev–Trinajstić information content (AvgIpc) is 2.37. The van der Waals surface area contributed by atoms with Crippen LogP contribution in [-0.4, -0.2) is 52.8 Å². The lowest BCUT2D eigenvalue weighted by atomic mass is 9.90. The Balaban J connectivity index is 2.23. The molecule has 0 radical (unpaired) electrons. The maximum absolute atomic E-state index is 11.1. The van der Waals surface area contributed by atoms with Crippen molar-refractivity contribution in [1.82, 2.24) is 10.2 Å². The van der Waals surface area contributed by atoms with Crippen LogP contribution < -0.4 is 5.32 Å². The Morgan fingerprint density at radius 1 is 1.32 bits per heavy atom. The molecule has 1 rings (SSSR count). The first-order valence-corrected chi connectivity index (χ1v) is 9.54. The van der Waals surface area contributed by atoms with Crippen LogP contribution >= 0.6 is 0 Å². The zero-order chi connectivity index (χ0) is 14.3. The quantitative estimate of drug-likeness (QED) is 0.743. The van der Waals surface area contributed by atoms with Gasteiger partial charge in [-0.15, -0.1) is 0 Å². The summed E-state index contributed by atoms with van der Waals surface area (Å²) < 4.78 is 11.1. The lowest BCUT2D eigenvalue weighted by molar-refractivity contribution is 0.159. The van der Waals surface area contributed by atoms with Gasteiger partial charge in [0.25, 0.3) is 0 Å². The molecule has 4 heteroatoms. The summed E-state index contributed by atoms with van der Waals surface area (Å²) in [5.41, 5.74) is 0. The normalized spacial score (nSPS) is 23.2. The highest BCUT2D eigenvalue weighted by atomic mass is 32.2. The van der Waals surface area contributed by atoms with E-state index in [1.807, 2.05) is 0 Å². The highest BCUT2D eigenvalue weighted by molar-refractivity contribution is 7.84. The summed E-state index contributed by atoms with van der Waals surface area (Å²) in [6, 6.07) is 1.07. The molecule has 3 atom stereocenters. The molecule has 114 valence electrons. The van der Waals surface area contributed by atoms with Gasteiger partial charge in [-0.2, -0.15) is 0 Å². The lowest BCUT2D eigenvalue weighted by Gasteiger charge is -2.36. The Morgan fingerprint density at radius 2 is 1.95 bits per heavy atom. The minimum Gasteiger partial charge on any atom is -0.311 e. The number of nitrogens with one attached hydrogen (secondary N) is 1. The summed E-state index contributed by atoms with van der Waals surface area (Å²) in [5, 5.41) is 3.70. The van der Waals surface area contributed by atoms with E-state index >= 15 is 0 Å². The molecule has 19 heavy (non-hydrogen) atoms. The SMILES string of the molecule is CCCN1CCC(C(C)NC(C)CCS(C)=O)CC1. The summed E-state index contributed by atoms with van der Waals surface area (Å²) >= 11 is 0. The van der Waals surface area contributed by atoms with Gasteiger partial charge in [0.2, 0.25) is 0 Å². The minimum atomic E-state index is -0.660. The fourth-order valence-corrected chi connectivity index (χ4v) is 3.69. The van der Waals surface area contributed by atoms with Gasteiger partial charge in [-0.05, 0) is 65.1 Å². The van der Waals surface area contributed by atoms with Crippen LogP contribution in [0.4, 0.5) is 0 Å². The van der Waals surface area contributed by atoms with Crippen LogP contribution in [0.5, 0.6) is 0 Å². The van der Waals surface area contributed by atoms with Crippen molar-refractivity contribution in [2.24, 2.45) is 5.92 Å². The van der Waals surface area contributed by atoms with Crippen molar-refractivity contribution in [1.29, 1.82) is 0 Å². The lowest BCUT2D eigenvalue weighted by Crippen LogP contribution is -2.45. The van der Waals surface area contributed by atoms with Crippen LogP contribution in [0.25, 0.3) is 0 Å². The minimum absolute atomic E-state index is 0.479. The van der Waals surface area contributed by atoms with E-state index in [9.17, 15) is 4.21 Å². The van der Waals surface area contributed by atoms with E-state index < -0.39 is 10.8 Å². The van der Waals surface area contributed by atoms with Gasteiger partial charge in [0.05, 0.1) is 0 Å². The molecule has 0 amide bonds. The average molecular weight is 289 g/mol. The highest BCUT2D eigenvalue weighted by Gasteiger charge is 2.24. The van der Waals surface area contributed by atoms with Crippen molar-refractivity contribution in [3.8, 4) is 0 Å². The number of hydrogen-bond donors (Lipinski definition) is 1. The molecule has 0 aromatic rings. The fraction of sp³-hybridized carbons (Fsp3) is 1.00. The molecule has 1 saturated heterocycles. The number of piperidine rings is 1. The van der Waals surface area contributed by atoms with E-state index in [-0.39, 0.29) is 0 Å². The molecule has 0 spiro atoms. The van der Waals surface area contributed by atoms with Gasteiger partial charge in [-0.3, -0.25) is 4.21 Å². The zero-order valence-electron chi connectivity index (χ0n) is 13.2. The largest absolute Gasteiger partial charge is 0.311 e. The monoisotopic (exact) mass is 288 g/mol. The number of nitrogens with zero attached hydrogens (tertiary/aromatic N) is 1. The first-order chi connectivity index (χ1) is 9.02. The van der Waals surface area contributed by atoms with E-state index in [4.69, 9.17) is 0 Å². The van der Waals surface area contributed by atoms with Crippen LogP contribution in [-0.2, 0) is 10.8 Å². The molecule has 1 aliphatic heterocycles. The van der Waals surface area contributed by atoms with Crippen molar-refractivity contribution in [3.05, 3.63) is 0 Å². The molecule has 0 aromatic carbocycles. The van der Waals surface area contributed by atoms with Crippen molar-refractivity contribution in [2.45, 2.75) is 58.5 Å². The van der Waals surface area contributed by atoms with E-state index in [1.165, 1.54) is 38.9 Å². The Labute approximate surface area is 122 Å². The Morgan fingerprint density at radius 3 is 2.47 bits per heavy atom. The summed E-state index contributed by atoms with van der Waals surface area (Å²) in [5.74, 6) is 1.62. The third kappa shape index (κ3) is 6.87. The first-order valence-electron chi connectivity index (χ1n) is 7.81. The van der Waals surface area contributed by atoms with Crippen molar-refractivity contribution >= 4 is 10.8 Å². The summed E-state index contributed by atoms with van der Waals surface area (Å²) in [6.45, 7) is 10.6. The van der Waals surface area contributed by atoms with Crippen LogP contribution in [0, 0.1) is 5.92 Å². The van der Waals surface area contributed by atoms with Crippen LogP contribution in [0.1, 0.15) is 46.5 Å². The smallest absolute Gasteiger partial charge is 0.0246 e.